The number of rotatable bonds is 4. The molecule has 0 radical (unpaired) electrons. The van der Waals surface area contributed by atoms with E-state index in [1.165, 1.54) is 6.42 Å². The van der Waals surface area contributed by atoms with E-state index in [-0.39, 0.29) is 24.3 Å². The Bertz CT molecular complexity index is 549. The number of pyridine rings is 1. The highest BCUT2D eigenvalue weighted by molar-refractivity contribution is 5.86. The summed E-state index contributed by atoms with van der Waals surface area (Å²) in [6.07, 6.45) is 7.19. The molecule has 6 heteroatoms. The molecule has 2 aliphatic rings. The van der Waals surface area contributed by atoms with E-state index < -0.39 is 0 Å². The fourth-order valence-corrected chi connectivity index (χ4v) is 3.51. The second kappa shape index (κ2) is 8.13. The van der Waals surface area contributed by atoms with Crippen LogP contribution in [0.2, 0.25) is 0 Å². The maximum absolute atomic E-state index is 12.3. The summed E-state index contributed by atoms with van der Waals surface area (Å²) in [5.41, 5.74) is 0. The Morgan fingerprint density at radius 3 is 2.50 bits per heavy atom. The Morgan fingerprint density at radius 2 is 1.83 bits per heavy atom. The number of carbonyl (C=O) groups is 2. The summed E-state index contributed by atoms with van der Waals surface area (Å²) in [5, 5.41) is 2.84. The molecule has 6 nitrogen and oxygen atoms in total. The summed E-state index contributed by atoms with van der Waals surface area (Å²) in [6.45, 7) is 3.03. The maximum atomic E-state index is 12.3. The summed E-state index contributed by atoms with van der Waals surface area (Å²) in [4.78, 5) is 32.8. The fourth-order valence-electron chi connectivity index (χ4n) is 3.51. The average Bonchev–Trinajstić information content (AvgIpc) is 2.67. The van der Waals surface area contributed by atoms with Crippen molar-refractivity contribution in [3.63, 3.8) is 0 Å². The normalized spacial score (nSPS) is 19.2. The van der Waals surface area contributed by atoms with Crippen molar-refractivity contribution in [1.29, 1.82) is 0 Å². The molecule has 1 aliphatic carbocycles. The van der Waals surface area contributed by atoms with Gasteiger partial charge in [0.1, 0.15) is 5.82 Å². The number of aromatic nitrogens is 1. The number of piperazine rings is 1. The van der Waals surface area contributed by atoms with Crippen LogP contribution in [0.4, 0.5) is 5.82 Å². The molecule has 1 aliphatic heterocycles. The summed E-state index contributed by atoms with van der Waals surface area (Å²) in [7, 11) is 0. The highest BCUT2D eigenvalue weighted by atomic mass is 16.2. The van der Waals surface area contributed by atoms with E-state index >= 15 is 0 Å². The van der Waals surface area contributed by atoms with Gasteiger partial charge in [-0.15, -0.1) is 0 Å². The second-order valence-electron chi connectivity index (χ2n) is 6.61. The molecule has 1 N–H and O–H groups in total. The van der Waals surface area contributed by atoms with Crippen LogP contribution in [-0.4, -0.2) is 54.4 Å². The minimum Gasteiger partial charge on any atom is -0.353 e. The number of nitrogens with zero attached hydrogens (tertiary/aromatic N) is 3. The van der Waals surface area contributed by atoms with Crippen molar-refractivity contribution in [3.05, 3.63) is 24.4 Å². The molecule has 1 saturated carbocycles. The Kier molecular flexibility index (Phi) is 5.67. The standard InChI is InChI=1S/C18H26N4O2/c23-17(14-20-18(24)15-6-2-1-3-7-15)22-12-10-21(11-13-22)16-8-4-5-9-19-16/h4-5,8-9,15H,1-3,6-7,10-14H2,(H,20,24). The maximum Gasteiger partial charge on any atom is 0.242 e. The van der Waals surface area contributed by atoms with Crippen LogP contribution in [0.5, 0.6) is 0 Å². The first-order valence-electron chi connectivity index (χ1n) is 8.95. The van der Waals surface area contributed by atoms with Crippen LogP contribution in [0.1, 0.15) is 32.1 Å². The number of nitrogens with one attached hydrogen (secondary N) is 1. The molecule has 0 spiro atoms. The van der Waals surface area contributed by atoms with E-state index in [4.69, 9.17) is 0 Å². The van der Waals surface area contributed by atoms with E-state index in [1.807, 2.05) is 23.1 Å². The van der Waals surface area contributed by atoms with Crippen LogP contribution in [0, 0.1) is 5.92 Å². The predicted octanol–water partition coefficient (Wildman–Crippen LogP) is 1.43. The van der Waals surface area contributed by atoms with Crippen LogP contribution in [-0.2, 0) is 9.59 Å². The molecular formula is C18H26N4O2. The van der Waals surface area contributed by atoms with Gasteiger partial charge in [-0.05, 0) is 25.0 Å². The summed E-state index contributed by atoms with van der Waals surface area (Å²) < 4.78 is 0. The van der Waals surface area contributed by atoms with Gasteiger partial charge < -0.3 is 15.1 Å². The highest BCUT2D eigenvalue weighted by Crippen LogP contribution is 2.23. The lowest BCUT2D eigenvalue weighted by atomic mass is 9.89. The molecule has 2 amide bonds. The smallest absolute Gasteiger partial charge is 0.242 e. The van der Waals surface area contributed by atoms with Crippen molar-refractivity contribution in [2.75, 3.05) is 37.6 Å². The molecule has 0 unspecified atom stereocenters. The van der Waals surface area contributed by atoms with Gasteiger partial charge in [-0.1, -0.05) is 25.3 Å². The molecule has 2 fully saturated rings. The van der Waals surface area contributed by atoms with Gasteiger partial charge in [-0.2, -0.15) is 0 Å². The van der Waals surface area contributed by atoms with E-state index in [2.05, 4.69) is 15.2 Å². The number of amides is 2. The average molecular weight is 330 g/mol. The summed E-state index contributed by atoms with van der Waals surface area (Å²) in [5.74, 6) is 1.12. The number of carbonyl (C=O) groups excluding carboxylic acids is 2. The first-order chi connectivity index (χ1) is 11.7. The van der Waals surface area contributed by atoms with Gasteiger partial charge in [-0.25, -0.2) is 4.98 Å². The van der Waals surface area contributed by atoms with Gasteiger partial charge in [0.15, 0.2) is 0 Å². The molecule has 0 atom stereocenters. The Hall–Kier alpha value is -2.11. The first-order valence-corrected chi connectivity index (χ1v) is 8.95. The van der Waals surface area contributed by atoms with E-state index in [0.29, 0.717) is 13.1 Å². The van der Waals surface area contributed by atoms with Crippen molar-refractivity contribution >= 4 is 17.6 Å². The minimum absolute atomic E-state index is 0.0137. The largest absolute Gasteiger partial charge is 0.353 e. The SMILES string of the molecule is O=C(NCC(=O)N1CCN(c2ccccn2)CC1)C1CCCCC1. The summed E-state index contributed by atoms with van der Waals surface area (Å²) >= 11 is 0. The van der Waals surface area contributed by atoms with Crippen molar-refractivity contribution in [1.82, 2.24) is 15.2 Å². The van der Waals surface area contributed by atoms with Gasteiger partial charge in [0.2, 0.25) is 11.8 Å². The van der Waals surface area contributed by atoms with Crippen LogP contribution in [0.3, 0.4) is 0 Å². The third kappa shape index (κ3) is 4.24. The lowest BCUT2D eigenvalue weighted by Gasteiger charge is -2.35. The minimum atomic E-state index is 0.0137. The fraction of sp³-hybridized carbons (Fsp3) is 0.611. The lowest BCUT2D eigenvalue weighted by Crippen LogP contribution is -2.51. The zero-order valence-electron chi connectivity index (χ0n) is 14.1. The Balaban J connectivity index is 1.41. The molecular weight excluding hydrogens is 304 g/mol. The highest BCUT2D eigenvalue weighted by Gasteiger charge is 2.24. The van der Waals surface area contributed by atoms with Crippen LogP contribution in [0.25, 0.3) is 0 Å². The molecule has 3 rings (SSSR count). The van der Waals surface area contributed by atoms with Crippen molar-refractivity contribution < 1.29 is 9.59 Å². The van der Waals surface area contributed by atoms with Crippen molar-refractivity contribution in [2.24, 2.45) is 5.92 Å². The van der Waals surface area contributed by atoms with Gasteiger partial charge in [0, 0.05) is 38.3 Å². The van der Waals surface area contributed by atoms with Crippen molar-refractivity contribution in [2.45, 2.75) is 32.1 Å². The Morgan fingerprint density at radius 1 is 1.08 bits per heavy atom. The second-order valence-corrected chi connectivity index (χ2v) is 6.61. The molecule has 130 valence electrons. The third-order valence-electron chi connectivity index (χ3n) is 5.00. The van der Waals surface area contributed by atoms with Gasteiger partial charge in [0.05, 0.1) is 6.54 Å². The van der Waals surface area contributed by atoms with E-state index in [0.717, 1.165) is 44.6 Å². The summed E-state index contributed by atoms with van der Waals surface area (Å²) in [6, 6.07) is 5.86. The zero-order valence-corrected chi connectivity index (χ0v) is 14.1. The number of anilines is 1. The molecule has 2 heterocycles. The molecule has 1 aromatic heterocycles. The molecule has 24 heavy (non-hydrogen) atoms. The van der Waals surface area contributed by atoms with Gasteiger partial charge in [-0.3, -0.25) is 9.59 Å². The van der Waals surface area contributed by atoms with Crippen molar-refractivity contribution in [3.8, 4) is 0 Å². The monoisotopic (exact) mass is 330 g/mol. The predicted molar refractivity (Wildman–Crippen MR) is 92.6 cm³/mol. The molecule has 1 saturated heterocycles. The van der Waals surface area contributed by atoms with Crippen LogP contribution >= 0.6 is 0 Å². The zero-order chi connectivity index (χ0) is 16.8. The van der Waals surface area contributed by atoms with Crippen LogP contribution in [0.15, 0.2) is 24.4 Å². The number of hydrogen-bond acceptors (Lipinski definition) is 4. The van der Waals surface area contributed by atoms with Gasteiger partial charge >= 0.3 is 0 Å². The quantitative estimate of drug-likeness (QED) is 0.907. The molecule has 0 aromatic carbocycles. The topological polar surface area (TPSA) is 65.5 Å². The van der Waals surface area contributed by atoms with Crippen LogP contribution < -0.4 is 10.2 Å². The number of hydrogen-bond donors (Lipinski definition) is 1. The van der Waals surface area contributed by atoms with E-state index in [1.54, 1.807) is 6.20 Å². The van der Waals surface area contributed by atoms with Gasteiger partial charge in [0.25, 0.3) is 0 Å². The molecule has 0 bridgehead atoms. The lowest BCUT2D eigenvalue weighted by molar-refractivity contribution is -0.134. The third-order valence-corrected chi connectivity index (χ3v) is 5.00. The van der Waals surface area contributed by atoms with E-state index in [9.17, 15) is 9.59 Å². The Labute approximate surface area is 143 Å². The first kappa shape index (κ1) is 16.7. The molecule has 1 aromatic rings.